The van der Waals surface area contributed by atoms with Gasteiger partial charge in [0.25, 0.3) is 0 Å². The summed E-state index contributed by atoms with van der Waals surface area (Å²) in [6, 6.07) is 18.7. The van der Waals surface area contributed by atoms with Crippen LogP contribution in [0, 0.1) is 18.8 Å². The standard InChI is InChI=1S/C31H28N4O2/c1-19-27-13-12-26-28(22-10-8-21(9-11-22)24-15-32-18-33-16-24)34-20(2)35-30(26)31(27,14-23(17-36)29(19)37)25-6-4-3-5-7-25/h3-11,15-19,27,36H,12-14H2,1-2H3/b23-17-/t19-,27-,31+/m0/s1. The number of carbonyl (C=O) groups is 1. The molecule has 6 rings (SSSR count). The maximum Gasteiger partial charge on any atom is 0.165 e. The van der Waals surface area contributed by atoms with E-state index in [0.29, 0.717) is 17.8 Å². The highest BCUT2D eigenvalue weighted by atomic mass is 16.2. The number of fused-ring (bicyclic) bond motifs is 3. The van der Waals surface area contributed by atoms with E-state index in [1.165, 1.54) is 6.33 Å². The molecule has 0 bridgehead atoms. The van der Waals surface area contributed by atoms with Gasteiger partial charge in [0, 0.05) is 46.0 Å². The van der Waals surface area contributed by atoms with Crippen LogP contribution in [0.15, 0.2) is 85.2 Å². The van der Waals surface area contributed by atoms with Crippen LogP contribution in [0.1, 0.15) is 42.4 Å². The summed E-state index contributed by atoms with van der Waals surface area (Å²) in [4.78, 5) is 31.4. The number of hydrogen-bond acceptors (Lipinski definition) is 6. The molecule has 2 aromatic heterocycles. The quantitative estimate of drug-likeness (QED) is 0.289. The third kappa shape index (κ3) is 3.67. The Hall–Kier alpha value is -4.19. The molecule has 0 saturated heterocycles. The van der Waals surface area contributed by atoms with Crippen molar-refractivity contribution in [3.63, 3.8) is 0 Å². The average molecular weight is 489 g/mol. The number of allylic oxidation sites excluding steroid dienone is 1. The molecule has 6 heteroatoms. The van der Waals surface area contributed by atoms with Crippen molar-refractivity contribution in [2.75, 3.05) is 0 Å². The Balaban J connectivity index is 1.55. The lowest BCUT2D eigenvalue weighted by atomic mass is 9.52. The van der Waals surface area contributed by atoms with Crippen LogP contribution < -0.4 is 0 Å². The predicted octanol–water partition coefficient (Wildman–Crippen LogP) is 5.81. The van der Waals surface area contributed by atoms with Crippen LogP contribution in [0.3, 0.4) is 0 Å². The van der Waals surface area contributed by atoms with E-state index in [0.717, 1.165) is 58.3 Å². The van der Waals surface area contributed by atoms with Crippen LogP contribution in [0.5, 0.6) is 0 Å². The van der Waals surface area contributed by atoms with Crippen molar-refractivity contribution < 1.29 is 9.90 Å². The van der Waals surface area contributed by atoms with Gasteiger partial charge in [-0.2, -0.15) is 0 Å². The third-order valence-corrected chi connectivity index (χ3v) is 8.18. The minimum atomic E-state index is -0.513. The molecule has 2 aliphatic rings. The van der Waals surface area contributed by atoms with E-state index in [1.54, 1.807) is 12.4 Å². The maximum atomic E-state index is 13.1. The van der Waals surface area contributed by atoms with E-state index in [9.17, 15) is 9.90 Å². The monoisotopic (exact) mass is 488 g/mol. The summed E-state index contributed by atoms with van der Waals surface area (Å²) in [5, 5.41) is 10.1. The van der Waals surface area contributed by atoms with Crippen LogP contribution >= 0.6 is 0 Å². The fourth-order valence-corrected chi connectivity index (χ4v) is 6.48. The van der Waals surface area contributed by atoms with E-state index < -0.39 is 5.41 Å². The molecule has 37 heavy (non-hydrogen) atoms. The van der Waals surface area contributed by atoms with Gasteiger partial charge < -0.3 is 5.11 Å². The second-order valence-corrected chi connectivity index (χ2v) is 10.1. The molecule has 0 aliphatic heterocycles. The lowest BCUT2D eigenvalue weighted by Crippen LogP contribution is -2.51. The summed E-state index contributed by atoms with van der Waals surface area (Å²) in [6.45, 7) is 3.93. The molecule has 2 heterocycles. The maximum absolute atomic E-state index is 13.1. The van der Waals surface area contributed by atoms with E-state index >= 15 is 0 Å². The Kier molecular flexibility index (Phi) is 5.67. The first kappa shape index (κ1) is 23.2. The Morgan fingerprint density at radius 3 is 2.35 bits per heavy atom. The summed E-state index contributed by atoms with van der Waals surface area (Å²) >= 11 is 0. The van der Waals surface area contributed by atoms with Crippen molar-refractivity contribution in [2.45, 2.75) is 38.5 Å². The van der Waals surface area contributed by atoms with Crippen molar-refractivity contribution in [3.05, 3.63) is 108 Å². The van der Waals surface area contributed by atoms with Gasteiger partial charge in [0.15, 0.2) is 5.78 Å². The Labute approximate surface area is 216 Å². The average Bonchev–Trinajstić information content (AvgIpc) is 2.95. The molecule has 1 N–H and O–H groups in total. The Morgan fingerprint density at radius 1 is 0.946 bits per heavy atom. The van der Waals surface area contributed by atoms with Crippen molar-refractivity contribution in [1.82, 2.24) is 19.9 Å². The zero-order chi connectivity index (χ0) is 25.6. The fourth-order valence-electron chi connectivity index (χ4n) is 6.48. The Morgan fingerprint density at radius 2 is 1.65 bits per heavy atom. The normalized spacial score (nSPS) is 23.9. The number of Topliss-reactive ketones (excluding diaryl/α,β-unsaturated/α-hetero) is 1. The zero-order valence-corrected chi connectivity index (χ0v) is 20.9. The second kappa shape index (κ2) is 9.04. The Bertz CT molecular complexity index is 1500. The third-order valence-electron chi connectivity index (χ3n) is 8.18. The molecule has 1 saturated carbocycles. The van der Waals surface area contributed by atoms with Gasteiger partial charge >= 0.3 is 0 Å². The number of hydrogen-bond donors (Lipinski definition) is 1. The molecule has 6 nitrogen and oxygen atoms in total. The van der Waals surface area contributed by atoms with Gasteiger partial charge in [0.1, 0.15) is 12.2 Å². The van der Waals surface area contributed by atoms with E-state index in [-0.39, 0.29) is 17.6 Å². The molecule has 0 radical (unpaired) electrons. The fraction of sp³-hybridized carbons (Fsp3) is 0.258. The van der Waals surface area contributed by atoms with Gasteiger partial charge in [-0.1, -0.05) is 61.5 Å². The molecule has 184 valence electrons. The van der Waals surface area contributed by atoms with Crippen molar-refractivity contribution in [2.24, 2.45) is 11.8 Å². The summed E-state index contributed by atoms with van der Waals surface area (Å²) in [5.74, 6) is 0.603. The molecule has 4 aromatic rings. The molecular formula is C31H28N4O2. The topological polar surface area (TPSA) is 88.9 Å². The zero-order valence-electron chi connectivity index (χ0n) is 20.9. The number of aromatic nitrogens is 4. The lowest BCUT2D eigenvalue weighted by molar-refractivity contribution is -0.123. The highest BCUT2D eigenvalue weighted by molar-refractivity contribution is 5.98. The summed E-state index contributed by atoms with van der Waals surface area (Å²) in [5.41, 5.74) is 7.16. The van der Waals surface area contributed by atoms with Crippen molar-refractivity contribution in [1.29, 1.82) is 0 Å². The largest absolute Gasteiger partial charge is 0.515 e. The molecule has 2 aromatic carbocycles. The number of rotatable bonds is 3. The van der Waals surface area contributed by atoms with E-state index in [4.69, 9.17) is 9.97 Å². The number of carbonyl (C=O) groups excluding carboxylic acids is 1. The number of ketones is 1. The minimum absolute atomic E-state index is 0.0361. The van der Waals surface area contributed by atoms with Crippen LogP contribution in [0.2, 0.25) is 0 Å². The van der Waals surface area contributed by atoms with Crippen molar-refractivity contribution >= 4 is 5.78 Å². The van der Waals surface area contributed by atoms with Gasteiger partial charge in [0.05, 0.1) is 17.6 Å². The summed E-state index contributed by atoms with van der Waals surface area (Å²) < 4.78 is 0. The second-order valence-electron chi connectivity index (χ2n) is 10.1. The van der Waals surface area contributed by atoms with Crippen LogP contribution in [-0.4, -0.2) is 30.8 Å². The smallest absolute Gasteiger partial charge is 0.165 e. The van der Waals surface area contributed by atoms with Gasteiger partial charge in [-0.3, -0.25) is 4.79 Å². The molecule has 1 fully saturated rings. The van der Waals surface area contributed by atoms with Crippen LogP contribution in [0.25, 0.3) is 22.4 Å². The van der Waals surface area contributed by atoms with E-state index in [2.05, 4.69) is 46.4 Å². The minimum Gasteiger partial charge on any atom is -0.515 e. The lowest BCUT2D eigenvalue weighted by Gasteiger charge is -2.51. The molecule has 3 atom stereocenters. The van der Waals surface area contributed by atoms with Gasteiger partial charge in [-0.25, -0.2) is 19.9 Å². The SMILES string of the molecule is Cc1nc(-c2ccc(-c3cncnc3)cc2)c2c(n1)[C@@]1(c3ccccc3)C/C(=C/O)C(=O)[C@@H](C)[C@@H]1CC2. The number of aliphatic hydroxyl groups excluding tert-OH is 1. The van der Waals surface area contributed by atoms with Gasteiger partial charge in [0.2, 0.25) is 0 Å². The first-order valence-electron chi connectivity index (χ1n) is 12.7. The summed E-state index contributed by atoms with van der Waals surface area (Å²) in [7, 11) is 0. The molecule has 0 amide bonds. The predicted molar refractivity (Wildman–Crippen MR) is 142 cm³/mol. The van der Waals surface area contributed by atoms with E-state index in [1.807, 2.05) is 32.0 Å². The number of nitrogens with zero attached hydrogens (tertiary/aromatic N) is 4. The van der Waals surface area contributed by atoms with Crippen LogP contribution in [0.4, 0.5) is 0 Å². The number of aryl methyl sites for hydroxylation is 1. The number of aliphatic hydroxyl groups is 1. The first-order chi connectivity index (χ1) is 18.0. The molecular weight excluding hydrogens is 460 g/mol. The highest BCUT2D eigenvalue weighted by Gasteiger charge is 2.55. The molecule has 0 spiro atoms. The van der Waals surface area contributed by atoms with Crippen molar-refractivity contribution in [3.8, 4) is 22.4 Å². The number of benzene rings is 2. The van der Waals surface area contributed by atoms with Crippen LogP contribution in [-0.2, 0) is 16.6 Å². The molecule has 2 aliphatic carbocycles. The van der Waals surface area contributed by atoms with Gasteiger partial charge in [-0.15, -0.1) is 0 Å². The first-order valence-corrected chi connectivity index (χ1v) is 12.7. The summed E-state index contributed by atoms with van der Waals surface area (Å²) in [6.07, 6.45) is 8.23. The molecule has 0 unspecified atom stereocenters. The van der Waals surface area contributed by atoms with Gasteiger partial charge in [-0.05, 0) is 43.2 Å². The highest BCUT2D eigenvalue weighted by Crippen LogP contribution is 2.56.